The number of para-hydroxylation sites is 1. The highest BCUT2D eigenvalue weighted by Crippen LogP contribution is 2.26. The van der Waals surface area contributed by atoms with Crippen LogP contribution in [0.15, 0.2) is 29.6 Å². The van der Waals surface area contributed by atoms with Gasteiger partial charge in [-0.25, -0.2) is 4.98 Å². The summed E-state index contributed by atoms with van der Waals surface area (Å²) in [4.78, 5) is 43.8. The van der Waals surface area contributed by atoms with Gasteiger partial charge in [0.15, 0.2) is 5.13 Å². The van der Waals surface area contributed by atoms with Gasteiger partial charge in [0.25, 0.3) is 11.8 Å². The summed E-state index contributed by atoms with van der Waals surface area (Å²) in [6.07, 6.45) is 2.94. The van der Waals surface area contributed by atoms with Gasteiger partial charge in [0, 0.05) is 30.4 Å². The molecule has 3 amide bonds. The number of primary amides is 1. The number of hydrogen-bond donors (Lipinski definition) is 3. The highest BCUT2D eigenvalue weighted by atomic mass is 32.1. The van der Waals surface area contributed by atoms with Gasteiger partial charge < -0.3 is 26.0 Å². The lowest BCUT2D eigenvalue weighted by Gasteiger charge is -2.28. The van der Waals surface area contributed by atoms with Crippen molar-refractivity contribution in [1.29, 1.82) is 0 Å². The molecule has 1 saturated heterocycles. The molecule has 2 aliphatic rings. The summed E-state index contributed by atoms with van der Waals surface area (Å²) >= 11 is 1.41. The summed E-state index contributed by atoms with van der Waals surface area (Å²) in [5, 5.41) is 8.31. The summed E-state index contributed by atoms with van der Waals surface area (Å²) in [6, 6.07) is 6.74. The van der Waals surface area contributed by atoms with Gasteiger partial charge in [-0.05, 0) is 31.4 Å². The Kier molecular flexibility index (Phi) is 7.01. The number of nitrogens with two attached hydrogens (primary N) is 1. The van der Waals surface area contributed by atoms with Crippen LogP contribution in [0.5, 0.6) is 0 Å². The number of anilines is 2. The molecule has 0 bridgehead atoms. The van der Waals surface area contributed by atoms with Crippen molar-refractivity contribution in [3.63, 3.8) is 0 Å². The second kappa shape index (κ2) is 10.1. The fourth-order valence-corrected chi connectivity index (χ4v) is 4.95. The van der Waals surface area contributed by atoms with Crippen LogP contribution in [0.1, 0.15) is 46.5 Å². The van der Waals surface area contributed by atoms with Gasteiger partial charge in [-0.3, -0.25) is 14.4 Å². The van der Waals surface area contributed by atoms with Gasteiger partial charge in [0.2, 0.25) is 5.91 Å². The molecule has 4 N–H and O–H groups in total. The fraction of sp³-hybridized carbons (Fsp3) is 0.455. The third-order valence-corrected chi connectivity index (χ3v) is 6.74. The summed E-state index contributed by atoms with van der Waals surface area (Å²) in [5.74, 6) is -1.19. The molecule has 32 heavy (non-hydrogen) atoms. The lowest BCUT2D eigenvalue weighted by Crippen LogP contribution is -2.41. The Hall–Kier alpha value is -2.98. The second-order valence-electron chi connectivity index (χ2n) is 8.05. The predicted octanol–water partition coefficient (Wildman–Crippen LogP) is 2.01. The number of ether oxygens (including phenoxy) is 1. The van der Waals surface area contributed by atoms with E-state index >= 15 is 0 Å². The van der Waals surface area contributed by atoms with Gasteiger partial charge in [0.05, 0.1) is 24.5 Å². The number of carbonyl (C=O) groups is 3. The first kappa shape index (κ1) is 22.2. The minimum Gasteiger partial charge on any atom is -0.378 e. The third kappa shape index (κ3) is 5.25. The quantitative estimate of drug-likeness (QED) is 0.609. The van der Waals surface area contributed by atoms with E-state index in [-0.39, 0.29) is 29.7 Å². The summed E-state index contributed by atoms with van der Waals surface area (Å²) < 4.78 is 5.36. The van der Waals surface area contributed by atoms with E-state index in [9.17, 15) is 14.4 Å². The monoisotopic (exact) mass is 457 g/mol. The largest absolute Gasteiger partial charge is 0.378 e. The van der Waals surface area contributed by atoms with Crippen molar-refractivity contribution in [2.24, 2.45) is 11.7 Å². The molecule has 1 aromatic carbocycles. The van der Waals surface area contributed by atoms with Gasteiger partial charge in [-0.2, -0.15) is 0 Å². The highest BCUT2D eigenvalue weighted by Gasteiger charge is 2.27. The Morgan fingerprint density at radius 1 is 1.12 bits per heavy atom. The maximum absolute atomic E-state index is 12.9. The standard InChI is InChI=1S/C22H27N5O4S/c23-19(28)14-4-3-5-15(12-14)24-20(29)16-6-1-2-7-17(16)25-21(30)18-13-32-22(26-18)27-8-10-31-11-9-27/h1-2,6-7,13-15H,3-5,8-12H2,(H2,23,28)(H,24,29)(H,25,30)/t14-,15+/m0/s1. The Morgan fingerprint density at radius 2 is 1.91 bits per heavy atom. The van der Waals surface area contributed by atoms with E-state index in [2.05, 4.69) is 20.5 Å². The number of carbonyl (C=O) groups excluding carboxylic acids is 3. The topological polar surface area (TPSA) is 127 Å². The lowest BCUT2D eigenvalue weighted by atomic mass is 9.85. The van der Waals surface area contributed by atoms with Crippen molar-refractivity contribution < 1.29 is 19.1 Å². The van der Waals surface area contributed by atoms with Crippen LogP contribution in [0.3, 0.4) is 0 Å². The van der Waals surface area contributed by atoms with Gasteiger partial charge in [0.1, 0.15) is 5.69 Å². The van der Waals surface area contributed by atoms with Crippen LogP contribution in [0.4, 0.5) is 10.8 Å². The van der Waals surface area contributed by atoms with Crippen LogP contribution in [-0.4, -0.2) is 55.1 Å². The first-order valence-corrected chi connectivity index (χ1v) is 11.7. The molecule has 1 aromatic heterocycles. The maximum atomic E-state index is 12.9. The summed E-state index contributed by atoms with van der Waals surface area (Å²) in [6.45, 7) is 2.78. The molecule has 2 atom stereocenters. The minimum absolute atomic E-state index is 0.118. The molecule has 9 nitrogen and oxygen atoms in total. The van der Waals surface area contributed by atoms with Crippen LogP contribution >= 0.6 is 11.3 Å². The molecule has 4 rings (SSSR count). The van der Waals surface area contributed by atoms with Crippen LogP contribution in [0.2, 0.25) is 0 Å². The number of aromatic nitrogens is 1. The van der Waals surface area contributed by atoms with Crippen molar-refractivity contribution in [2.45, 2.75) is 31.7 Å². The molecule has 170 valence electrons. The number of thiazole rings is 1. The van der Waals surface area contributed by atoms with E-state index in [1.54, 1.807) is 29.6 Å². The van der Waals surface area contributed by atoms with Gasteiger partial charge in [-0.1, -0.05) is 18.6 Å². The van der Waals surface area contributed by atoms with Gasteiger partial charge in [-0.15, -0.1) is 11.3 Å². The summed E-state index contributed by atoms with van der Waals surface area (Å²) in [5.41, 5.74) is 6.53. The highest BCUT2D eigenvalue weighted by molar-refractivity contribution is 7.14. The number of amides is 3. The maximum Gasteiger partial charge on any atom is 0.275 e. The zero-order chi connectivity index (χ0) is 22.5. The van der Waals surface area contributed by atoms with E-state index in [0.717, 1.165) is 37.5 Å². The average molecular weight is 458 g/mol. The first-order chi connectivity index (χ1) is 15.5. The number of hydrogen-bond acceptors (Lipinski definition) is 7. The Balaban J connectivity index is 1.42. The third-order valence-electron chi connectivity index (χ3n) is 5.84. The van der Waals surface area contributed by atoms with Crippen LogP contribution < -0.4 is 21.3 Å². The van der Waals surface area contributed by atoms with E-state index in [0.29, 0.717) is 36.6 Å². The molecule has 1 aliphatic heterocycles. The average Bonchev–Trinajstić information content (AvgIpc) is 3.31. The van der Waals surface area contributed by atoms with Crippen molar-refractivity contribution in [1.82, 2.24) is 10.3 Å². The number of rotatable bonds is 6. The number of nitrogens with zero attached hydrogens (tertiary/aromatic N) is 2. The van der Waals surface area contributed by atoms with Crippen molar-refractivity contribution in [3.05, 3.63) is 40.9 Å². The van der Waals surface area contributed by atoms with Crippen molar-refractivity contribution >= 4 is 39.9 Å². The molecule has 1 saturated carbocycles. The Labute approximate surface area is 190 Å². The number of nitrogens with one attached hydrogen (secondary N) is 2. The molecule has 1 aliphatic carbocycles. The zero-order valence-electron chi connectivity index (χ0n) is 17.7. The van der Waals surface area contributed by atoms with Crippen molar-refractivity contribution in [3.8, 4) is 0 Å². The van der Waals surface area contributed by atoms with Crippen LogP contribution in [-0.2, 0) is 9.53 Å². The van der Waals surface area contributed by atoms with E-state index in [1.165, 1.54) is 11.3 Å². The second-order valence-corrected chi connectivity index (χ2v) is 8.89. The zero-order valence-corrected chi connectivity index (χ0v) is 18.5. The molecule has 2 fully saturated rings. The lowest BCUT2D eigenvalue weighted by molar-refractivity contribution is -0.122. The molecule has 10 heteroatoms. The molecular formula is C22H27N5O4S. The van der Waals surface area contributed by atoms with Crippen LogP contribution in [0, 0.1) is 5.92 Å². The predicted molar refractivity (Wildman–Crippen MR) is 122 cm³/mol. The number of benzene rings is 1. The van der Waals surface area contributed by atoms with E-state index < -0.39 is 0 Å². The SMILES string of the molecule is NC(=O)[C@H]1CCC[C@@H](NC(=O)c2ccccc2NC(=O)c2csc(N3CCOCC3)n2)C1. The van der Waals surface area contributed by atoms with Crippen molar-refractivity contribution in [2.75, 3.05) is 36.5 Å². The normalized spacial score (nSPS) is 21.1. The first-order valence-electron chi connectivity index (χ1n) is 10.8. The van der Waals surface area contributed by atoms with Crippen LogP contribution in [0.25, 0.3) is 0 Å². The molecule has 0 unspecified atom stereocenters. The summed E-state index contributed by atoms with van der Waals surface area (Å²) in [7, 11) is 0. The fourth-order valence-electron chi connectivity index (χ4n) is 4.09. The van der Waals surface area contributed by atoms with E-state index in [1.807, 2.05) is 0 Å². The smallest absolute Gasteiger partial charge is 0.275 e. The minimum atomic E-state index is -0.368. The molecule has 0 spiro atoms. The molecule has 0 radical (unpaired) electrons. The van der Waals surface area contributed by atoms with E-state index in [4.69, 9.17) is 10.5 Å². The molecule has 2 heterocycles. The Bertz CT molecular complexity index is 988. The number of morpholine rings is 1. The molecular weight excluding hydrogens is 430 g/mol. The molecule has 2 aromatic rings. The Morgan fingerprint density at radius 3 is 2.69 bits per heavy atom. The van der Waals surface area contributed by atoms with Gasteiger partial charge >= 0.3 is 0 Å².